The Bertz CT molecular complexity index is 1070. The van der Waals surface area contributed by atoms with Gasteiger partial charge in [-0.15, -0.1) is 0 Å². The van der Waals surface area contributed by atoms with Crippen molar-refractivity contribution in [2.45, 2.75) is 46.7 Å². The van der Waals surface area contributed by atoms with E-state index in [2.05, 4.69) is 41.2 Å². The molecule has 1 amide bonds. The van der Waals surface area contributed by atoms with Crippen LogP contribution in [-0.2, 0) is 11.3 Å². The largest absolute Gasteiger partial charge is 0.494 e. The lowest BCUT2D eigenvalue weighted by Crippen LogP contribution is -2.30. The Kier molecular flexibility index (Phi) is 8.05. The summed E-state index contributed by atoms with van der Waals surface area (Å²) < 4.78 is 7.82. The number of carbonyl (C=O) groups is 1. The molecule has 3 rings (SSSR count). The van der Waals surface area contributed by atoms with Crippen LogP contribution in [0.2, 0.25) is 0 Å². The quantitative estimate of drug-likeness (QED) is 0.409. The van der Waals surface area contributed by atoms with Gasteiger partial charge in [-0.3, -0.25) is 14.5 Å². The first-order valence-electron chi connectivity index (χ1n) is 11.0. The second-order valence-electron chi connectivity index (χ2n) is 7.69. The van der Waals surface area contributed by atoms with E-state index >= 15 is 0 Å². The first-order valence-corrected chi connectivity index (χ1v) is 11.4. The monoisotopic (exact) mass is 453 g/mol. The molecule has 0 fully saturated rings. The first kappa shape index (κ1) is 23.5. The Morgan fingerprint density at radius 2 is 1.84 bits per heavy atom. The summed E-state index contributed by atoms with van der Waals surface area (Å²) in [6.45, 7) is 10.4. The number of nitrogens with one attached hydrogen (secondary N) is 2. The lowest BCUT2D eigenvalue weighted by atomic mass is 10.2. The van der Waals surface area contributed by atoms with Crippen LogP contribution in [0.1, 0.15) is 34.1 Å². The number of benzene rings is 2. The highest BCUT2D eigenvalue weighted by Crippen LogP contribution is 2.22. The SMILES string of the molecule is CCOc1ccc(-c2n[nH]c(=S)n2CCC(=O)Nc2ccc(N(CC)C(C)C)cc2)cc1. The van der Waals surface area contributed by atoms with Gasteiger partial charge in [0.25, 0.3) is 0 Å². The van der Waals surface area contributed by atoms with Crippen LogP contribution in [0.4, 0.5) is 11.4 Å². The molecule has 1 aromatic heterocycles. The zero-order chi connectivity index (χ0) is 23.1. The Labute approximate surface area is 194 Å². The molecule has 0 radical (unpaired) electrons. The van der Waals surface area contributed by atoms with Crippen molar-refractivity contribution in [1.82, 2.24) is 14.8 Å². The molecule has 0 unspecified atom stereocenters. The highest BCUT2D eigenvalue weighted by atomic mass is 32.1. The minimum Gasteiger partial charge on any atom is -0.494 e. The Morgan fingerprint density at radius 3 is 2.44 bits per heavy atom. The van der Waals surface area contributed by atoms with E-state index < -0.39 is 0 Å². The molecule has 0 saturated carbocycles. The van der Waals surface area contributed by atoms with E-state index in [1.54, 1.807) is 0 Å². The van der Waals surface area contributed by atoms with Crippen LogP contribution in [0.5, 0.6) is 5.75 Å². The summed E-state index contributed by atoms with van der Waals surface area (Å²) in [7, 11) is 0. The van der Waals surface area contributed by atoms with Gasteiger partial charge >= 0.3 is 0 Å². The van der Waals surface area contributed by atoms with Gasteiger partial charge in [0.1, 0.15) is 5.75 Å². The van der Waals surface area contributed by atoms with E-state index in [4.69, 9.17) is 17.0 Å². The maximum atomic E-state index is 12.6. The molecular weight excluding hydrogens is 422 g/mol. The number of aromatic nitrogens is 3. The fourth-order valence-electron chi connectivity index (χ4n) is 3.63. The summed E-state index contributed by atoms with van der Waals surface area (Å²) in [5.74, 6) is 1.43. The van der Waals surface area contributed by atoms with Crippen molar-refractivity contribution in [1.29, 1.82) is 0 Å². The number of hydrogen-bond acceptors (Lipinski definition) is 5. The maximum Gasteiger partial charge on any atom is 0.226 e. The summed E-state index contributed by atoms with van der Waals surface area (Å²) in [5, 5.41) is 10.1. The van der Waals surface area contributed by atoms with Crippen LogP contribution in [0, 0.1) is 4.77 Å². The molecule has 0 bridgehead atoms. The minimum atomic E-state index is -0.0744. The summed E-state index contributed by atoms with van der Waals surface area (Å²) in [5.41, 5.74) is 2.83. The number of hydrogen-bond donors (Lipinski definition) is 2. The van der Waals surface area contributed by atoms with Crippen molar-refractivity contribution in [3.05, 3.63) is 53.3 Å². The van der Waals surface area contributed by atoms with Crippen molar-refractivity contribution in [3.8, 4) is 17.1 Å². The van der Waals surface area contributed by atoms with Crippen LogP contribution < -0.4 is 15.0 Å². The third-order valence-corrected chi connectivity index (χ3v) is 5.50. The fraction of sp³-hybridized carbons (Fsp3) is 0.375. The number of ether oxygens (including phenoxy) is 1. The van der Waals surface area contributed by atoms with E-state index in [1.165, 1.54) is 0 Å². The topological polar surface area (TPSA) is 75.2 Å². The molecule has 32 heavy (non-hydrogen) atoms. The Morgan fingerprint density at radius 1 is 1.16 bits per heavy atom. The molecule has 3 aromatic rings. The van der Waals surface area contributed by atoms with Crippen LogP contribution in [-0.4, -0.2) is 39.9 Å². The summed E-state index contributed by atoms with van der Waals surface area (Å²) in [6, 6.07) is 16.0. The van der Waals surface area contributed by atoms with Gasteiger partial charge in [0.05, 0.1) is 6.61 Å². The number of carbonyl (C=O) groups excluding carboxylic acids is 1. The number of nitrogens with zero attached hydrogens (tertiary/aromatic N) is 3. The lowest BCUT2D eigenvalue weighted by Gasteiger charge is -2.27. The zero-order valence-corrected chi connectivity index (χ0v) is 19.9. The smallest absolute Gasteiger partial charge is 0.226 e. The van der Waals surface area contributed by atoms with Gasteiger partial charge in [0, 0.05) is 42.5 Å². The van der Waals surface area contributed by atoms with Crippen molar-refractivity contribution >= 4 is 29.5 Å². The summed E-state index contributed by atoms with van der Waals surface area (Å²) >= 11 is 5.38. The molecule has 0 atom stereocenters. The second-order valence-corrected chi connectivity index (χ2v) is 8.07. The van der Waals surface area contributed by atoms with E-state index in [9.17, 15) is 4.79 Å². The van der Waals surface area contributed by atoms with Crippen molar-refractivity contribution in [2.24, 2.45) is 0 Å². The van der Waals surface area contributed by atoms with Gasteiger partial charge in [0.15, 0.2) is 10.6 Å². The van der Waals surface area contributed by atoms with E-state index in [0.29, 0.717) is 29.8 Å². The average molecular weight is 454 g/mol. The molecule has 0 aliphatic heterocycles. The van der Waals surface area contributed by atoms with Crippen molar-refractivity contribution < 1.29 is 9.53 Å². The first-order chi connectivity index (χ1) is 15.4. The van der Waals surface area contributed by atoms with Crippen molar-refractivity contribution in [3.63, 3.8) is 0 Å². The number of H-pyrrole nitrogens is 1. The highest BCUT2D eigenvalue weighted by molar-refractivity contribution is 7.71. The summed E-state index contributed by atoms with van der Waals surface area (Å²) in [6.07, 6.45) is 0.284. The average Bonchev–Trinajstić information content (AvgIpc) is 3.15. The molecule has 0 aliphatic rings. The van der Waals surface area contributed by atoms with Crippen molar-refractivity contribution in [2.75, 3.05) is 23.4 Å². The molecule has 0 aliphatic carbocycles. The molecule has 7 nitrogen and oxygen atoms in total. The van der Waals surface area contributed by atoms with E-state index in [1.807, 2.05) is 60.0 Å². The number of rotatable bonds is 10. The fourth-order valence-corrected chi connectivity index (χ4v) is 3.85. The number of aromatic amines is 1. The minimum absolute atomic E-state index is 0.0744. The zero-order valence-electron chi connectivity index (χ0n) is 19.1. The van der Waals surface area contributed by atoms with Gasteiger partial charge in [0.2, 0.25) is 5.91 Å². The second kappa shape index (κ2) is 10.9. The molecule has 1 heterocycles. The van der Waals surface area contributed by atoms with E-state index in [-0.39, 0.29) is 12.3 Å². The summed E-state index contributed by atoms with van der Waals surface area (Å²) in [4.78, 5) is 14.9. The molecule has 0 saturated heterocycles. The molecule has 2 N–H and O–H groups in total. The van der Waals surface area contributed by atoms with Crippen LogP contribution in [0.15, 0.2) is 48.5 Å². The maximum absolute atomic E-state index is 12.6. The molecule has 2 aromatic carbocycles. The third kappa shape index (κ3) is 5.76. The highest BCUT2D eigenvalue weighted by Gasteiger charge is 2.12. The van der Waals surface area contributed by atoms with Crippen LogP contribution in [0.3, 0.4) is 0 Å². The molecule has 8 heteroatoms. The standard InChI is InChI=1S/C24H31N5O2S/c1-5-28(17(3)4)20-11-9-19(10-12-20)25-22(30)15-16-29-23(26-27-24(29)32)18-7-13-21(14-8-18)31-6-2/h7-14,17H,5-6,15-16H2,1-4H3,(H,25,30)(H,27,32). The number of anilines is 2. The third-order valence-electron chi connectivity index (χ3n) is 5.19. The van der Waals surface area contributed by atoms with Gasteiger partial charge in [-0.25, -0.2) is 0 Å². The van der Waals surface area contributed by atoms with Gasteiger partial charge in [-0.05, 0) is 88.4 Å². The molecule has 0 spiro atoms. The molecular formula is C24H31N5O2S. The molecule has 170 valence electrons. The predicted octanol–water partition coefficient (Wildman–Crippen LogP) is 5.27. The lowest BCUT2D eigenvalue weighted by molar-refractivity contribution is -0.116. The van der Waals surface area contributed by atoms with Crippen LogP contribution in [0.25, 0.3) is 11.4 Å². The number of amides is 1. The van der Waals surface area contributed by atoms with Gasteiger partial charge < -0.3 is 15.0 Å². The van der Waals surface area contributed by atoms with Crippen LogP contribution >= 0.6 is 12.2 Å². The Hall–Kier alpha value is -3.13. The Balaban J connectivity index is 1.63. The van der Waals surface area contributed by atoms with E-state index in [0.717, 1.165) is 29.2 Å². The van der Waals surface area contributed by atoms with Gasteiger partial charge in [-0.1, -0.05) is 0 Å². The van der Waals surface area contributed by atoms with Gasteiger partial charge in [-0.2, -0.15) is 5.10 Å². The normalized spacial score (nSPS) is 10.9. The predicted molar refractivity (Wildman–Crippen MR) is 132 cm³/mol.